The van der Waals surface area contributed by atoms with Crippen molar-refractivity contribution in [1.82, 2.24) is 19.4 Å². The van der Waals surface area contributed by atoms with Crippen LogP contribution in [0.2, 0.25) is 0 Å². The molecule has 0 saturated carbocycles. The number of nitrogens with one attached hydrogen (secondary N) is 1. The average molecular weight is 386 g/mol. The van der Waals surface area contributed by atoms with E-state index in [2.05, 4.69) is 60.4 Å². The van der Waals surface area contributed by atoms with Crippen LogP contribution in [0, 0.1) is 5.92 Å². The molecule has 0 spiro atoms. The lowest BCUT2D eigenvalue weighted by atomic mass is 10.1. The number of hydrogen-bond donors (Lipinski definition) is 1. The Balaban J connectivity index is 1.80. The summed E-state index contributed by atoms with van der Waals surface area (Å²) in [6.07, 6.45) is 0.535. The van der Waals surface area contributed by atoms with Gasteiger partial charge in [0.05, 0.1) is 17.6 Å². The van der Waals surface area contributed by atoms with E-state index in [1.807, 2.05) is 12.1 Å². The van der Waals surface area contributed by atoms with E-state index in [1.165, 1.54) is 0 Å². The fourth-order valence-corrected chi connectivity index (χ4v) is 3.96. The number of imidazole rings is 1. The summed E-state index contributed by atoms with van der Waals surface area (Å²) in [6, 6.07) is 6.43. The van der Waals surface area contributed by atoms with Crippen molar-refractivity contribution in [3.8, 4) is 0 Å². The van der Waals surface area contributed by atoms with E-state index >= 15 is 0 Å². The highest BCUT2D eigenvalue weighted by molar-refractivity contribution is 5.93. The Morgan fingerprint density at radius 3 is 2.39 bits per heavy atom. The number of likely N-dealkylation sites (N-methyl/N-ethyl adjacent to an activating group) is 1. The SMILES string of the molecule is CCN1CCN(Cc2nc3cc(NC(=O)CC(C)C)ccc3n2C(C)C)CC1. The molecule has 1 aromatic heterocycles. The summed E-state index contributed by atoms with van der Waals surface area (Å²) in [7, 11) is 0. The first-order chi connectivity index (χ1) is 13.4. The number of carbonyl (C=O) groups is 1. The topological polar surface area (TPSA) is 53.4 Å². The molecule has 0 unspecified atom stereocenters. The molecule has 1 amide bonds. The highest BCUT2D eigenvalue weighted by Crippen LogP contribution is 2.25. The minimum absolute atomic E-state index is 0.0617. The molecule has 0 radical (unpaired) electrons. The van der Waals surface area contributed by atoms with Gasteiger partial charge < -0.3 is 14.8 Å². The lowest BCUT2D eigenvalue weighted by Crippen LogP contribution is -2.45. The second-order valence-electron chi connectivity index (χ2n) is 8.55. The van der Waals surface area contributed by atoms with E-state index in [1.54, 1.807) is 0 Å². The Morgan fingerprint density at radius 1 is 1.11 bits per heavy atom. The zero-order valence-corrected chi connectivity index (χ0v) is 18.0. The molecule has 1 N–H and O–H groups in total. The molecule has 154 valence electrons. The van der Waals surface area contributed by atoms with Gasteiger partial charge in [-0.1, -0.05) is 20.8 Å². The predicted octanol–water partition coefficient (Wildman–Crippen LogP) is 3.74. The lowest BCUT2D eigenvalue weighted by Gasteiger charge is -2.34. The van der Waals surface area contributed by atoms with Gasteiger partial charge in [0.2, 0.25) is 5.91 Å². The van der Waals surface area contributed by atoms with Crippen LogP contribution in [0.25, 0.3) is 11.0 Å². The summed E-state index contributed by atoms with van der Waals surface area (Å²) < 4.78 is 2.33. The van der Waals surface area contributed by atoms with Gasteiger partial charge >= 0.3 is 0 Å². The summed E-state index contributed by atoms with van der Waals surface area (Å²) in [5, 5.41) is 3.01. The van der Waals surface area contributed by atoms with Gasteiger partial charge in [0.15, 0.2) is 0 Å². The van der Waals surface area contributed by atoms with E-state index in [-0.39, 0.29) is 5.91 Å². The molecular weight excluding hydrogens is 350 g/mol. The van der Waals surface area contributed by atoms with Crippen molar-refractivity contribution in [2.45, 2.75) is 53.6 Å². The number of piperazine rings is 1. The van der Waals surface area contributed by atoms with E-state index in [0.717, 1.165) is 61.8 Å². The summed E-state index contributed by atoms with van der Waals surface area (Å²) in [5.74, 6) is 1.52. The van der Waals surface area contributed by atoms with Gasteiger partial charge in [-0.05, 0) is 44.5 Å². The first-order valence-electron chi connectivity index (χ1n) is 10.6. The second-order valence-corrected chi connectivity index (χ2v) is 8.55. The van der Waals surface area contributed by atoms with Gasteiger partial charge in [-0.15, -0.1) is 0 Å². The Labute approximate surface area is 168 Å². The molecule has 28 heavy (non-hydrogen) atoms. The molecule has 2 aromatic rings. The number of carbonyl (C=O) groups excluding carboxylic acids is 1. The van der Waals surface area contributed by atoms with Crippen LogP contribution in [0.3, 0.4) is 0 Å². The molecule has 0 atom stereocenters. The Kier molecular flexibility index (Phi) is 6.73. The number of hydrogen-bond acceptors (Lipinski definition) is 4. The number of rotatable bonds is 7. The van der Waals surface area contributed by atoms with Crippen LogP contribution < -0.4 is 5.32 Å². The first-order valence-corrected chi connectivity index (χ1v) is 10.6. The minimum atomic E-state index is 0.0617. The normalized spacial score (nSPS) is 16.4. The molecular formula is C22H35N5O. The van der Waals surface area contributed by atoms with Crippen molar-refractivity contribution >= 4 is 22.6 Å². The van der Waals surface area contributed by atoms with Crippen molar-refractivity contribution in [3.63, 3.8) is 0 Å². The van der Waals surface area contributed by atoms with Crippen molar-refractivity contribution in [3.05, 3.63) is 24.0 Å². The highest BCUT2D eigenvalue weighted by Gasteiger charge is 2.20. The largest absolute Gasteiger partial charge is 0.326 e. The van der Waals surface area contributed by atoms with Crippen molar-refractivity contribution < 1.29 is 4.79 Å². The number of aromatic nitrogens is 2. The van der Waals surface area contributed by atoms with Crippen molar-refractivity contribution in [1.29, 1.82) is 0 Å². The number of benzene rings is 1. The van der Waals surface area contributed by atoms with E-state index in [4.69, 9.17) is 4.98 Å². The van der Waals surface area contributed by atoms with E-state index in [0.29, 0.717) is 18.4 Å². The molecule has 2 heterocycles. The zero-order chi connectivity index (χ0) is 20.3. The summed E-state index contributed by atoms with van der Waals surface area (Å²) >= 11 is 0. The van der Waals surface area contributed by atoms with Gasteiger partial charge in [-0.25, -0.2) is 4.98 Å². The number of fused-ring (bicyclic) bond motifs is 1. The molecule has 1 saturated heterocycles. The Morgan fingerprint density at radius 2 is 1.79 bits per heavy atom. The zero-order valence-electron chi connectivity index (χ0n) is 18.0. The third-order valence-corrected chi connectivity index (χ3v) is 5.43. The van der Waals surface area contributed by atoms with Crippen LogP contribution in [-0.4, -0.2) is 58.0 Å². The average Bonchev–Trinajstić information content (AvgIpc) is 2.98. The third kappa shape index (κ3) is 4.92. The molecule has 1 aliphatic heterocycles. The first kappa shape index (κ1) is 20.8. The van der Waals surface area contributed by atoms with Crippen LogP contribution in [0.4, 0.5) is 5.69 Å². The highest BCUT2D eigenvalue weighted by atomic mass is 16.1. The standard InChI is InChI=1S/C22H35N5O/c1-6-25-9-11-26(12-10-25)15-21-24-19-14-18(23-22(28)13-16(2)3)7-8-20(19)27(21)17(4)5/h7-8,14,16-17H,6,9-13,15H2,1-5H3,(H,23,28). The van der Waals surface area contributed by atoms with Crippen LogP contribution in [0.5, 0.6) is 0 Å². The summed E-state index contributed by atoms with van der Waals surface area (Å²) in [4.78, 5) is 22.1. The van der Waals surface area contributed by atoms with Gasteiger partial charge in [0.25, 0.3) is 0 Å². The molecule has 6 heteroatoms. The minimum Gasteiger partial charge on any atom is -0.326 e. The fraction of sp³-hybridized carbons (Fsp3) is 0.636. The number of amides is 1. The van der Waals surface area contributed by atoms with Crippen LogP contribution in [0.15, 0.2) is 18.2 Å². The monoisotopic (exact) mass is 385 g/mol. The lowest BCUT2D eigenvalue weighted by molar-refractivity contribution is -0.116. The molecule has 0 aliphatic carbocycles. The molecule has 1 aromatic carbocycles. The molecule has 1 aliphatic rings. The van der Waals surface area contributed by atoms with Crippen LogP contribution in [0.1, 0.15) is 52.9 Å². The van der Waals surface area contributed by atoms with E-state index in [9.17, 15) is 4.79 Å². The molecule has 3 rings (SSSR count). The number of anilines is 1. The second kappa shape index (κ2) is 9.05. The third-order valence-electron chi connectivity index (χ3n) is 5.43. The van der Waals surface area contributed by atoms with Crippen LogP contribution in [-0.2, 0) is 11.3 Å². The molecule has 6 nitrogen and oxygen atoms in total. The van der Waals surface area contributed by atoms with Crippen molar-refractivity contribution in [2.75, 3.05) is 38.0 Å². The summed E-state index contributed by atoms with van der Waals surface area (Å²) in [5.41, 5.74) is 2.92. The molecule has 1 fully saturated rings. The fourth-order valence-electron chi connectivity index (χ4n) is 3.96. The maximum Gasteiger partial charge on any atom is 0.224 e. The van der Waals surface area contributed by atoms with Gasteiger partial charge in [-0.3, -0.25) is 9.69 Å². The molecule has 0 bridgehead atoms. The Bertz CT molecular complexity index is 803. The summed E-state index contributed by atoms with van der Waals surface area (Å²) in [6.45, 7) is 17.2. The predicted molar refractivity (Wildman–Crippen MR) is 116 cm³/mol. The van der Waals surface area contributed by atoms with Crippen molar-refractivity contribution in [2.24, 2.45) is 5.92 Å². The van der Waals surface area contributed by atoms with Gasteiger partial charge in [-0.2, -0.15) is 0 Å². The van der Waals surface area contributed by atoms with Gasteiger partial charge in [0.1, 0.15) is 5.82 Å². The number of nitrogens with zero attached hydrogens (tertiary/aromatic N) is 4. The maximum atomic E-state index is 12.1. The maximum absolute atomic E-state index is 12.1. The van der Waals surface area contributed by atoms with Gasteiger partial charge in [0, 0.05) is 44.3 Å². The Hall–Kier alpha value is -1.92. The smallest absolute Gasteiger partial charge is 0.224 e. The quantitative estimate of drug-likeness (QED) is 0.789. The van der Waals surface area contributed by atoms with Crippen LogP contribution >= 0.6 is 0 Å². The van der Waals surface area contributed by atoms with E-state index < -0.39 is 0 Å².